The Morgan fingerprint density at radius 3 is 2.56 bits per heavy atom. The van der Waals surface area contributed by atoms with E-state index in [1.54, 1.807) is 37.1 Å². The molecule has 0 heterocycles. The van der Waals surface area contributed by atoms with E-state index >= 15 is 0 Å². The first kappa shape index (κ1) is 14.5. The third kappa shape index (κ3) is 3.01. The van der Waals surface area contributed by atoms with Gasteiger partial charge in [-0.15, -0.1) is 0 Å². The number of rotatable bonds is 5. The molecule has 5 nitrogen and oxygen atoms in total. The zero-order valence-electron chi connectivity index (χ0n) is 10.2. The molecule has 1 atom stereocenters. The van der Waals surface area contributed by atoms with E-state index in [0.29, 0.717) is 17.7 Å². The lowest BCUT2D eigenvalue weighted by Gasteiger charge is -2.27. The van der Waals surface area contributed by atoms with Crippen molar-refractivity contribution in [2.75, 3.05) is 11.9 Å². The first-order valence-electron chi connectivity index (χ1n) is 5.43. The summed E-state index contributed by atoms with van der Waals surface area (Å²) in [5, 5.41) is 9.13. The number of carbonyl (C=O) groups excluding carboxylic acids is 1. The van der Waals surface area contributed by atoms with Crippen LogP contribution in [0.2, 0.25) is 0 Å². The van der Waals surface area contributed by atoms with Crippen LogP contribution < -0.4 is 10.6 Å². The van der Waals surface area contributed by atoms with Crippen molar-refractivity contribution in [2.45, 2.75) is 19.4 Å². The number of benzene rings is 1. The lowest BCUT2D eigenvalue weighted by atomic mass is 10.1. The van der Waals surface area contributed by atoms with Gasteiger partial charge in [0, 0.05) is 11.5 Å². The second-order valence-corrected chi connectivity index (χ2v) is 4.81. The summed E-state index contributed by atoms with van der Waals surface area (Å²) < 4.78 is 0.759. The van der Waals surface area contributed by atoms with Crippen LogP contribution >= 0.6 is 15.9 Å². The van der Waals surface area contributed by atoms with Crippen LogP contribution in [0.15, 0.2) is 22.7 Å². The van der Waals surface area contributed by atoms with Crippen LogP contribution in [0.3, 0.4) is 0 Å². The SMILES string of the molecule is CCC(C(=O)O)N(C)c1cc(Br)ccc1C(N)=O. The number of nitrogens with two attached hydrogens (primary N) is 1. The van der Waals surface area contributed by atoms with Gasteiger partial charge in [-0.25, -0.2) is 4.79 Å². The van der Waals surface area contributed by atoms with Crippen LogP contribution in [0, 0.1) is 0 Å². The number of carboxylic acids is 1. The summed E-state index contributed by atoms with van der Waals surface area (Å²) in [5.41, 5.74) is 6.10. The largest absolute Gasteiger partial charge is 0.480 e. The number of hydrogen-bond donors (Lipinski definition) is 2. The molecular weight excluding hydrogens is 300 g/mol. The van der Waals surface area contributed by atoms with Crippen molar-refractivity contribution in [3.63, 3.8) is 0 Å². The molecule has 0 aliphatic rings. The molecule has 0 saturated heterocycles. The third-order valence-corrected chi connectivity index (χ3v) is 3.24. The molecule has 0 radical (unpaired) electrons. The Morgan fingerprint density at radius 2 is 2.11 bits per heavy atom. The zero-order valence-corrected chi connectivity index (χ0v) is 11.8. The maximum absolute atomic E-state index is 11.4. The van der Waals surface area contributed by atoms with Crippen LogP contribution in [0.1, 0.15) is 23.7 Å². The first-order chi connectivity index (χ1) is 8.38. The van der Waals surface area contributed by atoms with Crippen LogP contribution in [-0.4, -0.2) is 30.1 Å². The lowest BCUT2D eigenvalue weighted by Crippen LogP contribution is -2.39. The first-order valence-corrected chi connectivity index (χ1v) is 6.22. The van der Waals surface area contributed by atoms with Crippen molar-refractivity contribution < 1.29 is 14.7 Å². The maximum Gasteiger partial charge on any atom is 0.326 e. The highest BCUT2D eigenvalue weighted by atomic mass is 79.9. The van der Waals surface area contributed by atoms with Crippen LogP contribution in [0.4, 0.5) is 5.69 Å². The number of hydrogen-bond acceptors (Lipinski definition) is 3. The van der Waals surface area contributed by atoms with Crippen molar-refractivity contribution in [1.82, 2.24) is 0 Å². The summed E-state index contributed by atoms with van der Waals surface area (Å²) in [6.07, 6.45) is 0.427. The molecule has 0 bridgehead atoms. The number of halogens is 1. The third-order valence-electron chi connectivity index (χ3n) is 2.74. The van der Waals surface area contributed by atoms with Gasteiger partial charge in [-0.05, 0) is 24.6 Å². The molecule has 0 saturated carbocycles. The standard InChI is InChI=1S/C12H15BrN2O3/c1-3-9(12(17)18)15(2)10-6-7(13)4-5-8(10)11(14)16/h4-6,9H,3H2,1-2H3,(H2,14,16)(H,17,18). The summed E-state index contributed by atoms with van der Waals surface area (Å²) >= 11 is 3.30. The van der Waals surface area contributed by atoms with Crippen molar-refractivity contribution in [1.29, 1.82) is 0 Å². The molecule has 6 heteroatoms. The van der Waals surface area contributed by atoms with Gasteiger partial charge in [0.25, 0.3) is 5.91 Å². The summed E-state index contributed by atoms with van der Waals surface area (Å²) in [6.45, 7) is 1.78. The molecule has 98 valence electrons. The van der Waals surface area contributed by atoms with Gasteiger partial charge in [0.15, 0.2) is 0 Å². The topological polar surface area (TPSA) is 83.6 Å². The van der Waals surface area contributed by atoms with Gasteiger partial charge in [-0.3, -0.25) is 4.79 Å². The van der Waals surface area contributed by atoms with E-state index in [2.05, 4.69) is 15.9 Å². The predicted octanol–water partition coefficient (Wildman–Crippen LogP) is 1.85. The fourth-order valence-electron chi connectivity index (χ4n) is 1.79. The average Bonchev–Trinajstić information content (AvgIpc) is 2.28. The molecule has 0 aromatic heterocycles. The average molecular weight is 315 g/mol. The molecule has 0 fully saturated rings. The number of amides is 1. The van der Waals surface area contributed by atoms with E-state index < -0.39 is 17.9 Å². The number of carboxylic acid groups (broad SMARTS) is 1. The van der Waals surface area contributed by atoms with Crippen molar-refractivity contribution in [3.8, 4) is 0 Å². The van der Waals surface area contributed by atoms with Gasteiger partial charge in [-0.2, -0.15) is 0 Å². The molecule has 18 heavy (non-hydrogen) atoms. The molecular formula is C12H15BrN2O3. The Balaban J connectivity index is 3.25. The fraction of sp³-hybridized carbons (Fsp3) is 0.333. The minimum atomic E-state index is -0.935. The van der Waals surface area contributed by atoms with Gasteiger partial charge in [0.05, 0.1) is 11.3 Å². The van der Waals surface area contributed by atoms with Crippen molar-refractivity contribution >= 4 is 33.5 Å². The number of nitrogens with zero attached hydrogens (tertiary/aromatic N) is 1. The normalized spacial score (nSPS) is 11.9. The number of carbonyl (C=O) groups is 2. The molecule has 0 aliphatic heterocycles. The van der Waals surface area contributed by atoms with Gasteiger partial charge in [0.2, 0.25) is 0 Å². The number of aliphatic carboxylic acids is 1. The lowest BCUT2D eigenvalue weighted by molar-refractivity contribution is -0.138. The summed E-state index contributed by atoms with van der Waals surface area (Å²) in [4.78, 5) is 24.0. The Hall–Kier alpha value is -1.56. The Bertz CT molecular complexity index is 476. The Labute approximate surface area is 114 Å². The molecule has 1 amide bonds. The highest BCUT2D eigenvalue weighted by Gasteiger charge is 2.23. The minimum absolute atomic E-state index is 0.306. The number of anilines is 1. The highest BCUT2D eigenvalue weighted by molar-refractivity contribution is 9.10. The Kier molecular flexibility index (Phi) is 4.72. The second kappa shape index (κ2) is 5.86. The van der Waals surface area contributed by atoms with E-state index in [-0.39, 0.29) is 0 Å². The van der Waals surface area contributed by atoms with Crippen LogP contribution in [0.5, 0.6) is 0 Å². The molecule has 3 N–H and O–H groups in total. The monoisotopic (exact) mass is 314 g/mol. The van der Waals surface area contributed by atoms with Crippen LogP contribution in [-0.2, 0) is 4.79 Å². The van der Waals surface area contributed by atoms with E-state index in [9.17, 15) is 9.59 Å². The maximum atomic E-state index is 11.4. The van der Waals surface area contributed by atoms with E-state index in [1.165, 1.54) is 0 Å². The Morgan fingerprint density at radius 1 is 1.50 bits per heavy atom. The van der Waals surface area contributed by atoms with Gasteiger partial charge in [-0.1, -0.05) is 22.9 Å². The number of likely N-dealkylation sites (N-methyl/N-ethyl adjacent to an activating group) is 1. The molecule has 1 rings (SSSR count). The van der Waals surface area contributed by atoms with E-state index in [1.807, 2.05) is 0 Å². The smallest absolute Gasteiger partial charge is 0.326 e. The van der Waals surface area contributed by atoms with E-state index in [0.717, 1.165) is 4.47 Å². The highest BCUT2D eigenvalue weighted by Crippen LogP contribution is 2.26. The quantitative estimate of drug-likeness (QED) is 0.868. The molecule has 1 aromatic rings. The van der Waals surface area contributed by atoms with Crippen molar-refractivity contribution in [2.24, 2.45) is 5.73 Å². The predicted molar refractivity (Wildman–Crippen MR) is 72.8 cm³/mol. The molecule has 1 unspecified atom stereocenters. The molecule has 1 aromatic carbocycles. The van der Waals surface area contributed by atoms with Gasteiger partial charge in [0.1, 0.15) is 6.04 Å². The fourth-order valence-corrected chi connectivity index (χ4v) is 2.14. The summed E-state index contributed by atoms with van der Waals surface area (Å²) in [7, 11) is 1.64. The van der Waals surface area contributed by atoms with Gasteiger partial charge < -0.3 is 15.7 Å². The minimum Gasteiger partial charge on any atom is -0.480 e. The molecule has 0 spiro atoms. The second-order valence-electron chi connectivity index (χ2n) is 3.90. The summed E-state index contributed by atoms with van der Waals surface area (Å²) in [6, 6.07) is 4.26. The van der Waals surface area contributed by atoms with Gasteiger partial charge >= 0.3 is 5.97 Å². The van der Waals surface area contributed by atoms with E-state index in [4.69, 9.17) is 10.8 Å². The zero-order chi connectivity index (χ0) is 13.9. The summed E-state index contributed by atoms with van der Waals surface area (Å²) in [5.74, 6) is -1.51. The van der Waals surface area contributed by atoms with Crippen LogP contribution in [0.25, 0.3) is 0 Å². The number of primary amides is 1. The van der Waals surface area contributed by atoms with Crippen molar-refractivity contribution in [3.05, 3.63) is 28.2 Å². The molecule has 0 aliphatic carbocycles.